The van der Waals surface area contributed by atoms with Gasteiger partial charge in [0.25, 0.3) is 0 Å². The van der Waals surface area contributed by atoms with Gasteiger partial charge in [-0.15, -0.1) is 0 Å². The summed E-state index contributed by atoms with van der Waals surface area (Å²) < 4.78 is 44.2. The molecule has 2 aliphatic rings. The van der Waals surface area contributed by atoms with Crippen LogP contribution >= 0.6 is 0 Å². The summed E-state index contributed by atoms with van der Waals surface area (Å²) in [6.45, 7) is 0.982. The zero-order valence-corrected chi connectivity index (χ0v) is 14.8. The molecule has 2 heterocycles. The summed E-state index contributed by atoms with van der Waals surface area (Å²) in [6.07, 6.45) is 0.299. The van der Waals surface area contributed by atoms with E-state index in [-0.39, 0.29) is 11.4 Å². The first kappa shape index (κ1) is 17.1. The second kappa shape index (κ2) is 6.46. The van der Waals surface area contributed by atoms with Crippen molar-refractivity contribution in [1.29, 1.82) is 0 Å². The molecule has 0 amide bonds. The number of benzene rings is 2. The van der Waals surface area contributed by atoms with Crippen LogP contribution in [0.1, 0.15) is 12.0 Å². The van der Waals surface area contributed by atoms with Gasteiger partial charge in [0.05, 0.1) is 11.5 Å². The Morgan fingerprint density at radius 2 is 1.69 bits per heavy atom. The van der Waals surface area contributed by atoms with Crippen LogP contribution in [-0.2, 0) is 15.6 Å². The molecule has 0 bridgehead atoms. The summed E-state index contributed by atoms with van der Waals surface area (Å²) in [7, 11) is -3.82. The highest BCUT2D eigenvalue weighted by Crippen LogP contribution is 2.37. The van der Waals surface area contributed by atoms with Crippen molar-refractivity contribution in [2.75, 3.05) is 26.4 Å². The van der Waals surface area contributed by atoms with Gasteiger partial charge in [-0.3, -0.25) is 0 Å². The number of para-hydroxylation sites is 1. The van der Waals surface area contributed by atoms with Crippen molar-refractivity contribution >= 4 is 10.0 Å². The van der Waals surface area contributed by atoms with Gasteiger partial charge in [0.15, 0.2) is 11.5 Å². The molecule has 2 N–H and O–H groups in total. The van der Waals surface area contributed by atoms with Gasteiger partial charge in [-0.2, -0.15) is 0 Å². The molecule has 0 radical (unpaired) electrons. The molecular formula is C18H19NO6S. The molecule has 2 aromatic rings. The Balaban J connectivity index is 1.56. The predicted molar refractivity (Wildman–Crippen MR) is 93.1 cm³/mol. The second-order valence-corrected chi connectivity index (χ2v) is 8.02. The SMILES string of the molecule is O=S(=O)(NC[C@]1(O)CCOc2ccccc21)c1ccc2c(c1)OCCO2. The van der Waals surface area contributed by atoms with E-state index in [0.717, 1.165) is 0 Å². The van der Waals surface area contributed by atoms with Crippen LogP contribution in [0.3, 0.4) is 0 Å². The molecule has 0 unspecified atom stereocenters. The van der Waals surface area contributed by atoms with Gasteiger partial charge in [-0.05, 0) is 18.2 Å². The fraction of sp³-hybridized carbons (Fsp3) is 0.333. The van der Waals surface area contributed by atoms with Crippen LogP contribution < -0.4 is 18.9 Å². The molecule has 0 aromatic heterocycles. The third-order valence-corrected chi connectivity index (χ3v) is 5.94. The normalized spacial score (nSPS) is 21.6. The van der Waals surface area contributed by atoms with E-state index in [1.165, 1.54) is 12.1 Å². The van der Waals surface area contributed by atoms with Crippen LogP contribution in [0.5, 0.6) is 17.2 Å². The van der Waals surface area contributed by atoms with Gasteiger partial charge in [0.2, 0.25) is 10.0 Å². The van der Waals surface area contributed by atoms with Crippen molar-refractivity contribution in [3.05, 3.63) is 48.0 Å². The first-order valence-corrected chi connectivity index (χ1v) is 9.80. The van der Waals surface area contributed by atoms with E-state index in [1.54, 1.807) is 24.3 Å². The number of ether oxygens (including phenoxy) is 3. The standard InChI is InChI=1S/C18H19NO6S/c20-18(7-8-23-15-4-2-1-3-14(15)18)12-19-26(21,22)13-5-6-16-17(11-13)25-10-9-24-16/h1-6,11,19-20H,7-10,12H2/t18-/m1/s1. The number of sulfonamides is 1. The molecule has 0 aliphatic carbocycles. The van der Waals surface area contributed by atoms with Crippen LogP contribution in [0.2, 0.25) is 0 Å². The first-order chi connectivity index (χ1) is 12.5. The summed E-state index contributed by atoms with van der Waals surface area (Å²) in [4.78, 5) is 0.0608. The van der Waals surface area contributed by atoms with Crippen LogP contribution in [0.25, 0.3) is 0 Å². The zero-order chi connectivity index (χ0) is 18.2. The summed E-state index contributed by atoms with van der Waals surface area (Å²) in [6, 6.07) is 11.6. The maximum Gasteiger partial charge on any atom is 0.240 e. The lowest BCUT2D eigenvalue weighted by Gasteiger charge is -2.34. The molecule has 26 heavy (non-hydrogen) atoms. The van der Waals surface area contributed by atoms with Gasteiger partial charge in [0.1, 0.15) is 24.6 Å². The van der Waals surface area contributed by atoms with Crippen molar-refractivity contribution in [2.24, 2.45) is 0 Å². The van der Waals surface area contributed by atoms with Crippen LogP contribution in [0.15, 0.2) is 47.4 Å². The maximum absolute atomic E-state index is 12.7. The Kier molecular flexibility index (Phi) is 4.26. The number of hydrogen-bond acceptors (Lipinski definition) is 6. The number of rotatable bonds is 4. The summed E-state index contributed by atoms with van der Waals surface area (Å²) >= 11 is 0. The molecule has 7 nitrogen and oxygen atoms in total. The number of nitrogens with one attached hydrogen (secondary N) is 1. The zero-order valence-electron chi connectivity index (χ0n) is 14.0. The molecule has 1 atom stereocenters. The largest absolute Gasteiger partial charge is 0.493 e. The Morgan fingerprint density at radius 1 is 0.962 bits per heavy atom. The Labute approximate surface area is 151 Å². The van der Waals surface area contributed by atoms with Gasteiger partial charge >= 0.3 is 0 Å². The lowest BCUT2D eigenvalue weighted by molar-refractivity contribution is 0.00219. The Morgan fingerprint density at radius 3 is 2.54 bits per heavy atom. The Bertz CT molecular complexity index is 929. The van der Waals surface area contributed by atoms with E-state index in [4.69, 9.17) is 14.2 Å². The average Bonchev–Trinajstić information content (AvgIpc) is 2.67. The average molecular weight is 377 g/mol. The van der Waals surface area contributed by atoms with Crippen molar-refractivity contribution in [3.63, 3.8) is 0 Å². The molecule has 0 spiro atoms. The molecule has 2 aliphatic heterocycles. The molecule has 0 saturated heterocycles. The first-order valence-electron chi connectivity index (χ1n) is 8.32. The smallest absolute Gasteiger partial charge is 0.240 e. The number of hydrogen-bond donors (Lipinski definition) is 2. The van der Waals surface area contributed by atoms with Crippen molar-refractivity contribution in [3.8, 4) is 17.2 Å². The summed E-state index contributed by atoms with van der Waals surface area (Å²) in [5.41, 5.74) is -0.744. The van der Waals surface area contributed by atoms with Crippen molar-refractivity contribution in [1.82, 2.24) is 4.72 Å². The summed E-state index contributed by atoms with van der Waals surface area (Å²) in [5.74, 6) is 1.49. The Hall–Kier alpha value is -2.29. The van der Waals surface area contributed by atoms with Crippen molar-refractivity contribution in [2.45, 2.75) is 16.9 Å². The van der Waals surface area contributed by atoms with E-state index in [0.29, 0.717) is 49.1 Å². The minimum atomic E-state index is -3.82. The van der Waals surface area contributed by atoms with Crippen LogP contribution in [-0.4, -0.2) is 39.9 Å². The monoisotopic (exact) mass is 377 g/mol. The fourth-order valence-electron chi connectivity index (χ4n) is 3.11. The highest BCUT2D eigenvalue weighted by molar-refractivity contribution is 7.89. The van der Waals surface area contributed by atoms with Crippen LogP contribution in [0.4, 0.5) is 0 Å². The lowest BCUT2D eigenvalue weighted by atomic mass is 9.88. The van der Waals surface area contributed by atoms with Crippen LogP contribution in [0, 0.1) is 0 Å². The predicted octanol–water partition coefficient (Wildman–Crippen LogP) is 1.41. The van der Waals surface area contributed by atoms with Gasteiger partial charge in [-0.25, -0.2) is 13.1 Å². The van der Waals surface area contributed by atoms with Gasteiger partial charge in [-0.1, -0.05) is 18.2 Å². The van der Waals surface area contributed by atoms with Crippen molar-refractivity contribution < 1.29 is 27.7 Å². The molecule has 0 saturated carbocycles. The highest BCUT2D eigenvalue weighted by atomic mass is 32.2. The molecular weight excluding hydrogens is 358 g/mol. The fourth-order valence-corrected chi connectivity index (χ4v) is 4.22. The van der Waals surface area contributed by atoms with Gasteiger partial charge in [0, 0.05) is 24.6 Å². The summed E-state index contributed by atoms with van der Waals surface area (Å²) in [5, 5.41) is 11.0. The maximum atomic E-state index is 12.7. The molecule has 4 rings (SSSR count). The third-order valence-electron chi connectivity index (χ3n) is 4.54. The molecule has 0 fully saturated rings. The number of fused-ring (bicyclic) bond motifs is 2. The minimum Gasteiger partial charge on any atom is -0.493 e. The van der Waals surface area contributed by atoms with E-state index in [9.17, 15) is 13.5 Å². The lowest BCUT2D eigenvalue weighted by Crippen LogP contribution is -2.43. The van der Waals surface area contributed by atoms with E-state index in [2.05, 4.69) is 4.72 Å². The van der Waals surface area contributed by atoms with E-state index >= 15 is 0 Å². The minimum absolute atomic E-state index is 0.0608. The molecule has 138 valence electrons. The molecule has 8 heteroatoms. The highest BCUT2D eigenvalue weighted by Gasteiger charge is 2.36. The third kappa shape index (κ3) is 3.11. The quantitative estimate of drug-likeness (QED) is 0.837. The molecule has 2 aromatic carbocycles. The topological polar surface area (TPSA) is 94.1 Å². The van der Waals surface area contributed by atoms with Gasteiger partial charge < -0.3 is 19.3 Å². The van der Waals surface area contributed by atoms with E-state index < -0.39 is 15.6 Å². The van der Waals surface area contributed by atoms with E-state index in [1.807, 2.05) is 6.07 Å². The second-order valence-electron chi connectivity index (χ2n) is 6.26. The number of aliphatic hydroxyl groups is 1.